The Labute approximate surface area is 192 Å². The minimum absolute atomic E-state index is 0.165. The molecule has 0 saturated heterocycles. The van der Waals surface area contributed by atoms with Crippen molar-refractivity contribution < 1.29 is 19.1 Å². The van der Waals surface area contributed by atoms with Crippen LogP contribution in [0.5, 0.6) is 0 Å². The summed E-state index contributed by atoms with van der Waals surface area (Å²) in [6.07, 6.45) is 3.63. The summed E-state index contributed by atoms with van der Waals surface area (Å²) in [5.41, 5.74) is 2.82. The predicted octanol–water partition coefficient (Wildman–Crippen LogP) is 4.76. The molecule has 0 unspecified atom stereocenters. The van der Waals surface area contributed by atoms with Gasteiger partial charge in [-0.1, -0.05) is 62.4 Å². The summed E-state index contributed by atoms with van der Waals surface area (Å²) in [5, 5.41) is 3.76. The van der Waals surface area contributed by atoms with E-state index in [2.05, 4.69) is 10.3 Å². The molecule has 170 valence electrons. The van der Waals surface area contributed by atoms with Crippen LogP contribution >= 0.6 is 0 Å². The summed E-state index contributed by atoms with van der Waals surface area (Å²) in [6, 6.07) is 16.6. The van der Waals surface area contributed by atoms with Crippen molar-refractivity contribution in [3.05, 3.63) is 77.6 Å². The van der Waals surface area contributed by atoms with Gasteiger partial charge in [0.25, 0.3) is 0 Å². The Morgan fingerprint density at radius 2 is 1.88 bits per heavy atom. The molecule has 0 bridgehead atoms. The van der Waals surface area contributed by atoms with Crippen molar-refractivity contribution in [2.24, 2.45) is 10.9 Å². The van der Waals surface area contributed by atoms with Crippen LogP contribution in [0.1, 0.15) is 31.4 Å². The van der Waals surface area contributed by atoms with Gasteiger partial charge in [0.05, 0.1) is 12.6 Å². The largest absolute Gasteiger partial charge is 0.480 e. The number of rotatable bonds is 5. The number of ether oxygens (including phenoxy) is 2. The number of carbonyl (C=O) groups is 2. The Balaban J connectivity index is 1.65. The standard InChI is InChI=1S/C26H27N3O4/c1-17(2)13-21-24(30)27-22(25(28-21)32-3)14-19-15-29(23-12-8-7-11-20(19)23)26(31)33-16-18-9-5-4-6-10-18/h4-12,14-15,17,21H,13,16H2,1-3H3,(H,27,30)/t21-/m0/s1. The van der Waals surface area contributed by atoms with Gasteiger partial charge in [0.1, 0.15) is 18.3 Å². The van der Waals surface area contributed by atoms with Crippen LogP contribution in [0, 0.1) is 5.92 Å². The first kappa shape index (κ1) is 22.3. The highest BCUT2D eigenvalue weighted by atomic mass is 16.5. The average Bonchev–Trinajstić information content (AvgIpc) is 3.18. The zero-order chi connectivity index (χ0) is 23.4. The molecule has 1 atom stereocenters. The molecule has 7 heteroatoms. The number of methoxy groups -OCH3 is 1. The Morgan fingerprint density at radius 1 is 1.15 bits per heavy atom. The number of aromatic nitrogens is 1. The van der Waals surface area contributed by atoms with E-state index in [9.17, 15) is 9.59 Å². The molecule has 1 aliphatic rings. The number of amides is 1. The first-order valence-corrected chi connectivity index (χ1v) is 10.9. The highest BCUT2D eigenvalue weighted by Crippen LogP contribution is 2.25. The number of para-hydroxylation sites is 1. The highest BCUT2D eigenvalue weighted by Gasteiger charge is 2.28. The maximum Gasteiger partial charge on any atom is 0.418 e. The van der Waals surface area contributed by atoms with E-state index in [-0.39, 0.29) is 12.5 Å². The Kier molecular flexibility index (Phi) is 6.58. The molecule has 1 N–H and O–H groups in total. The number of hydrogen-bond donors (Lipinski definition) is 1. The quantitative estimate of drug-likeness (QED) is 0.614. The van der Waals surface area contributed by atoms with Gasteiger partial charge in [-0.25, -0.2) is 9.79 Å². The zero-order valence-electron chi connectivity index (χ0n) is 18.9. The van der Waals surface area contributed by atoms with Crippen LogP contribution < -0.4 is 5.32 Å². The lowest BCUT2D eigenvalue weighted by Crippen LogP contribution is -2.41. The Morgan fingerprint density at radius 3 is 2.61 bits per heavy atom. The normalized spacial score (nSPS) is 17.2. The van der Waals surface area contributed by atoms with Gasteiger partial charge >= 0.3 is 6.09 Å². The van der Waals surface area contributed by atoms with Crippen molar-refractivity contribution in [2.75, 3.05) is 7.11 Å². The first-order valence-electron chi connectivity index (χ1n) is 10.9. The van der Waals surface area contributed by atoms with E-state index >= 15 is 0 Å². The third-order valence-corrected chi connectivity index (χ3v) is 5.40. The van der Waals surface area contributed by atoms with E-state index in [0.29, 0.717) is 29.5 Å². The van der Waals surface area contributed by atoms with Crippen molar-refractivity contribution in [3.8, 4) is 0 Å². The molecule has 2 heterocycles. The van der Waals surface area contributed by atoms with Gasteiger partial charge in [-0.15, -0.1) is 0 Å². The number of fused-ring (bicyclic) bond motifs is 1. The molecule has 3 aromatic rings. The molecule has 0 spiro atoms. The molecule has 33 heavy (non-hydrogen) atoms. The van der Waals surface area contributed by atoms with Gasteiger partial charge in [0.15, 0.2) is 0 Å². The van der Waals surface area contributed by atoms with Crippen LogP contribution in [-0.4, -0.2) is 35.6 Å². The second-order valence-corrected chi connectivity index (χ2v) is 8.34. The zero-order valence-corrected chi connectivity index (χ0v) is 18.9. The van der Waals surface area contributed by atoms with Gasteiger partial charge in [-0.05, 0) is 30.0 Å². The Hall–Kier alpha value is -3.87. The lowest BCUT2D eigenvalue weighted by molar-refractivity contribution is -0.122. The molecule has 1 aromatic heterocycles. The summed E-state index contributed by atoms with van der Waals surface area (Å²) in [4.78, 5) is 30.0. The third-order valence-electron chi connectivity index (χ3n) is 5.40. The Bertz CT molecular complexity index is 1220. The number of nitrogens with one attached hydrogen (secondary N) is 1. The van der Waals surface area contributed by atoms with Crippen molar-refractivity contribution in [1.82, 2.24) is 9.88 Å². The van der Waals surface area contributed by atoms with Crippen LogP contribution in [0.15, 0.2) is 71.5 Å². The molecular weight excluding hydrogens is 418 g/mol. The summed E-state index contributed by atoms with van der Waals surface area (Å²) < 4.78 is 12.5. The fourth-order valence-electron chi connectivity index (χ4n) is 3.82. The second-order valence-electron chi connectivity index (χ2n) is 8.34. The molecule has 7 nitrogen and oxygen atoms in total. The van der Waals surface area contributed by atoms with Crippen molar-refractivity contribution in [1.29, 1.82) is 0 Å². The molecular formula is C26H27N3O4. The fraction of sp³-hybridized carbons (Fsp3) is 0.269. The third kappa shape index (κ3) is 4.98. The molecule has 0 saturated carbocycles. The van der Waals surface area contributed by atoms with Crippen molar-refractivity contribution >= 4 is 34.9 Å². The molecule has 0 fully saturated rings. The van der Waals surface area contributed by atoms with Crippen LogP contribution in [0.4, 0.5) is 4.79 Å². The van der Waals surface area contributed by atoms with Gasteiger partial charge in [0.2, 0.25) is 11.8 Å². The highest BCUT2D eigenvalue weighted by molar-refractivity contribution is 6.08. The van der Waals surface area contributed by atoms with E-state index in [0.717, 1.165) is 16.5 Å². The van der Waals surface area contributed by atoms with Crippen LogP contribution in [0.3, 0.4) is 0 Å². The maximum absolute atomic E-state index is 12.9. The summed E-state index contributed by atoms with van der Waals surface area (Å²) in [5.74, 6) is 0.526. The molecule has 4 rings (SSSR count). The fourth-order valence-corrected chi connectivity index (χ4v) is 3.82. The van der Waals surface area contributed by atoms with E-state index < -0.39 is 12.1 Å². The maximum atomic E-state index is 12.9. The van der Waals surface area contributed by atoms with E-state index in [1.807, 2.05) is 68.4 Å². The molecule has 0 radical (unpaired) electrons. The van der Waals surface area contributed by atoms with Crippen molar-refractivity contribution in [2.45, 2.75) is 32.9 Å². The minimum atomic E-state index is -0.481. The number of aliphatic imine (C=N–C) groups is 1. The van der Waals surface area contributed by atoms with Gasteiger partial charge in [0, 0.05) is 17.1 Å². The van der Waals surface area contributed by atoms with E-state index in [1.54, 1.807) is 12.3 Å². The SMILES string of the molecule is COC1=N[C@@H](CC(C)C)C(=O)NC1=Cc1cn(C(=O)OCc2ccccc2)c2ccccc12. The van der Waals surface area contributed by atoms with E-state index in [4.69, 9.17) is 9.47 Å². The van der Waals surface area contributed by atoms with Gasteiger partial charge in [-0.2, -0.15) is 0 Å². The minimum Gasteiger partial charge on any atom is -0.480 e. The lowest BCUT2D eigenvalue weighted by atomic mass is 10.0. The summed E-state index contributed by atoms with van der Waals surface area (Å²) in [6.45, 7) is 4.27. The number of carbonyl (C=O) groups excluding carboxylic acids is 2. The smallest absolute Gasteiger partial charge is 0.418 e. The summed E-state index contributed by atoms with van der Waals surface area (Å²) in [7, 11) is 1.53. The van der Waals surface area contributed by atoms with Crippen LogP contribution in [-0.2, 0) is 20.9 Å². The van der Waals surface area contributed by atoms with E-state index in [1.165, 1.54) is 11.7 Å². The molecule has 0 aliphatic carbocycles. The summed E-state index contributed by atoms with van der Waals surface area (Å²) >= 11 is 0. The van der Waals surface area contributed by atoms with Gasteiger partial charge in [-0.3, -0.25) is 9.36 Å². The van der Waals surface area contributed by atoms with Crippen LogP contribution in [0.25, 0.3) is 17.0 Å². The first-order chi connectivity index (χ1) is 16.0. The molecule has 1 amide bonds. The second kappa shape index (κ2) is 9.73. The predicted molar refractivity (Wildman–Crippen MR) is 128 cm³/mol. The lowest BCUT2D eigenvalue weighted by Gasteiger charge is -2.23. The molecule has 1 aliphatic heterocycles. The van der Waals surface area contributed by atoms with Crippen LogP contribution in [0.2, 0.25) is 0 Å². The van der Waals surface area contributed by atoms with Crippen molar-refractivity contribution in [3.63, 3.8) is 0 Å². The molecule has 2 aromatic carbocycles. The van der Waals surface area contributed by atoms with Gasteiger partial charge < -0.3 is 14.8 Å². The number of nitrogens with zero attached hydrogens (tertiary/aromatic N) is 2. The number of benzene rings is 2. The average molecular weight is 446 g/mol. The number of hydrogen-bond acceptors (Lipinski definition) is 5. The topological polar surface area (TPSA) is 81.9 Å². The monoisotopic (exact) mass is 445 g/mol.